The van der Waals surface area contributed by atoms with Gasteiger partial charge >= 0.3 is 0 Å². The summed E-state index contributed by atoms with van der Waals surface area (Å²) in [4.78, 5) is 12.0. The van der Waals surface area contributed by atoms with Crippen molar-refractivity contribution in [1.82, 2.24) is 5.32 Å². The summed E-state index contributed by atoms with van der Waals surface area (Å²) in [5, 5.41) is 2.97. The maximum absolute atomic E-state index is 12.0. The number of ether oxygens (including phenoxy) is 1. The SMILES string of the molecule is Cc1ccc(CC(=O)N[C@@H](C)COc2ccccc2C)cc1. The first-order valence-electron chi connectivity index (χ1n) is 7.58. The number of carbonyl (C=O) groups excluding carboxylic acids is 1. The third-order valence-electron chi connectivity index (χ3n) is 3.48. The third kappa shape index (κ3) is 4.92. The molecule has 2 aromatic rings. The van der Waals surface area contributed by atoms with Crippen molar-refractivity contribution in [1.29, 1.82) is 0 Å². The first kappa shape index (κ1) is 16.1. The molecule has 0 fully saturated rings. The average molecular weight is 297 g/mol. The Kier molecular flexibility index (Phi) is 5.59. The standard InChI is InChI=1S/C19H23NO2/c1-14-8-10-17(11-9-14)12-19(21)20-16(3)13-22-18-7-5-4-6-15(18)2/h4-11,16H,12-13H2,1-3H3,(H,20,21)/t16-/m0/s1. The van der Waals surface area contributed by atoms with Crippen molar-refractivity contribution in [3.05, 3.63) is 65.2 Å². The van der Waals surface area contributed by atoms with E-state index in [1.165, 1.54) is 5.56 Å². The minimum atomic E-state index is -0.0300. The molecule has 0 saturated carbocycles. The molecule has 0 aliphatic heterocycles. The molecule has 0 radical (unpaired) electrons. The quantitative estimate of drug-likeness (QED) is 0.887. The lowest BCUT2D eigenvalue weighted by Gasteiger charge is -2.16. The highest BCUT2D eigenvalue weighted by Crippen LogP contribution is 2.16. The zero-order chi connectivity index (χ0) is 15.9. The number of hydrogen-bond acceptors (Lipinski definition) is 2. The van der Waals surface area contributed by atoms with Crippen molar-refractivity contribution in [3.8, 4) is 5.75 Å². The Morgan fingerprint density at radius 1 is 1.09 bits per heavy atom. The minimum Gasteiger partial charge on any atom is -0.491 e. The Hall–Kier alpha value is -2.29. The van der Waals surface area contributed by atoms with Crippen molar-refractivity contribution in [2.45, 2.75) is 33.2 Å². The molecule has 0 heterocycles. The van der Waals surface area contributed by atoms with Gasteiger partial charge in [0.1, 0.15) is 12.4 Å². The normalized spacial score (nSPS) is 11.8. The number of amides is 1. The predicted octanol–water partition coefficient (Wildman–Crippen LogP) is 3.43. The fourth-order valence-electron chi connectivity index (χ4n) is 2.19. The van der Waals surface area contributed by atoms with Gasteiger partial charge in [-0.3, -0.25) is 4.79 Å². The lowest BCUT2D eigenvalue weighted by molar-refractivity contribution is -0.121. The van der Waals surface area contributed by atoms with Crippen LogP contribution in [-0.2, 0) is 11.2 Å². The molecular weight excluding hydrogens is 274 g/mol. The first-order valence-corrected chi connectivity index (χ1v) is 7.58. The van der Waals surface area contributed by atoms with Crippen molar-refractivity contribution < 1.29 is 9.53 Å². The number of nitrogens with one attached hydrogen (secondary N) is 1. The lowest BCUT2D eigenvalue weighted by Crippen LogP contribution is -2.37. The lowest BCUT2D eigenvalue weighted by atomic mass is 10.1. The number of benzene rings is 2. The zero-order valence-electron chi connectivity index (χ0n) is 13.4. The van der Waals surface area contributed by atoms with E-state index < -0.39 is 0 Å². The van der Waals surface area contributed by atoms with Gasteiger partial charge in [0.05, 0.1) is 12.5 Å². The minimum absolute atomic E-state index is 0.0183. The van der Waals surface area contributed by atoms with Gasteiger partial charge < -0.3 is 10.1 Å². The Morgan fingerprint density at radius 2 is 1.77 bits per heavy atom. The summed E-state index contributed by atoms with van der Waals surface area (Å²) in [7, 11) is 0. The Morgan fingerprint density at radius 3 is 2.45 bits per heavy atom. The molecule has 3 heteroatoms. The second-order valence-electron chi connectivity index (χ2n) is 5.71. The van der Waals surface area contributed by atoms with Gasteiger partial charge in [0, 0.05) is 0 Å². The van der Waals surface area contributed by atoms with Gasteiger partial charge in [0.25, 0.3) is 0 Å². The second-order valence-corrected chi connectivity index (χ2v) is 5.71. The Labute approximate surface area is 132 Å². The number of aryl methyl sites for hydroxylation is 2. The fourth-order valence-corrected chi connectivity index (χ4v) is 2.19. The van der Waals surface area contributed by atoms with Gasteiger partial charge in [-0.15, -0.1) is 0 Å². The number of hydrogen-bond donors (Lipinski definition) is 1. The van der Waals surface area contributed by atoms with Crippen LogP contribution in [0.3, 0.4) is 0 Å². The highest BCUT2D eigenvalue weighted by atomic mass is 16.5. The maximum atomic E-state index is 12.0. The molecule has 3 nitrogen and oxygen atoms in total. The molecule has 116 valence electrons. The van der Waals surface area contributed by atoms with E-state index in [4.69, 9.17) is 4.74 Å². The fraction of sp³-hybridized carbons (Fsp3) is 0.316. The van der Waals surface area contributed by atoms with E-state index in [1.54, 1.807) is 0 Å². The van der Waals surface area contributed by atoms with Crippen LogP contribution in [0, 0.1) is 13.8 Å². The van der Waals surface area contributed by atoms with E-state index in [0.717, 1.165) is 16.9 Å². The van der Waals surface area contributed by atoms with Crippen LogP contribution in [0.25, 0.3) is 0 Å². The zero-order valence-corrected chi connectivity index (χ0v) is 13.4. The molecule has 0 bridgehead atoms. The highest BCUT2D eigenvalue weighted by molar-refractivity contribution is 5.78. The molecule has 1 amide bonds. The number of para-hydroxylation sites is 1. The topological polar surface area (TPSA) is 38.3 Å². The van der Waals surface area contributed by atoms with Gasteiger partial charge in [0.15, 0.2) is 0 Å². The van der Waals surface area contributed by atoms with Crippen LogP contribution < -0.4 is 10.1 Å². The molecule has 0 aliphatic rings. The summed E-state index contributed by atoms with van der Waals surface area (Å²) >= 11 is 0. The van der Waals surface area contributed by atoms with Crippen LogP contribution in [0.15, 0.2) is 48.5 Å². The number of rotatable bonds is 6. The third-order valence-corrected chi connectivity index (χ3v) is 3.48. The van der Waals surface area contributed by atoms with Crippen molar-refractivity contribution in [2.75, 3.05) is 6.61 Å². The van der Waals surface area contributed by atoms with Gasteiger partial charge in [-0.2, -0.15) is 0 Å². The summed E-state index contributed by atoms with van der Waals surface area (Å²) in [5.41, 5.74) is 3.32. The van der Waals surface area contributed by atoms with E-state index in [1.807, 2.05) is 69.3 Å². The smallest absolute Gasteiger partial charge is 0.224 e. The van der Waals surface area contributed by atoms with E-state index >= 15 is 0 Å². The number of carbonyl (C=O) groups is 1. The molecule has 0 aromatic heterocycles. The Bertz CT molecular complexity index is 620. The molecule has 1 atom stereocenters. The summed E-state index contributed by atoms with van der Waals surface area (Å²) < 4.78 is 5.75. The Balaban J connectivity index is 1.79. The second kappa shape index (κ2) is 7.64. The predicted molar refractivity (Wildman–Crippen MR) is 89.2 cm³/mol. The van der Waals surface area contributed by atoms with Crippen LogP contribution in [0.5, 0.6) is 5.75 Å². The van der Waals surface area contributed by atoms with E-state index in [-0.39, 0.29) is 11.9 Å². The van der Waals surface area contributed by atoms with Crippen LogP contribution in [-0.4, -0.2) is 18.6 Å². The van der Waals surface area contributed by atoms with E-state index in [2.05, 4.69) is 5.32 Å². The largest absolute Gasteiger partial charge is 0.491 e. The van der Waals surface area contributed by atoms with Crippen molar-refractivity contribution in [3.63, 3.8) is 0 Å². The summed E-state index contributed by atoms with van der Waals surface area (Å²) in [6.07, 6.45) is 0.398. The molecule has 0 spiro atoms. The van der Waals surface area contributed by atoms with E-state index in [9.17, 15) is 4.79 Å². The summed E-state index contributed by atoms with van der Waals surface area (Å²) in [6.45, 7) is 6.46. The van der Waals surface area contributed by atoms with Gasteiger partial charge in [-0.05, 0) is 38.0 Å². The van der Waals surface area contributed by atoms with E-state index in [0.29, 0.717) is 13.0 Å². The molecular formula is C19H23NO2. The summed E-state index contributed by atoms with van der Waals surface area (Å²) in [6, 6.07) is 15.9. The van der Waals surface area contributed by atoms with Gasteiger partial charge in [-0.1, -0.05) is 48.0 Å². The molecule has 0 unspecified atom stereocenters. The van der Waals surface area contributed by atoms with Crippen LogP contribution >= 0.6 is 0 Å². The molecule has 1 N–H and O–H groups in total. The van der Waals surface area contributed by atoms with Gasteiger partial charge in [-0.25, -0.2) is 0 Å². The molecule has 2 rings (SSSR count). The molecule has 22 heavy (non-hydrogen) atoms. The highest BCUT2D eigenvalue weighted by Gasteiger charge is 2.09. The maximum Gasteiger partial charge on any atom is 0.224 e. The van der Waals surface area contributed by atoms with Crippen molar-refractivity contribution in [2.24, 2.45) is 0 Å². The molecule has 0 saturated heterocycles. The van der Waals surface area contributed by atoms with Crippen LogP contribution in [0.2, 0.25) is 0 Å². The molecule has 0 aliphatic carbocycles. The first-order chi connectivity index (χ1) is 10.5. The van der Waals surface area contributed by atoms with Crippen LogP contribution in [0.1, 0.15) is 23.6 Å². The molecule has 2 aromatic carbocycles. The van der Waals surface area contributed by atoms with Crippen LogP contribution in [0.4, 0.5) is 0 Å². The monoisotopic (exact) mass is 297 g/mol. The van der Waals surface area contributed by atoms with Crippen molar-refractivity contribution >= 4 is 5.91 Å². The van der Waals surface area contributed by atoms with Gasteiger partial charge in [0.2, 0.25) is 5.91 Å². The average Bonchev–Trinajstić information content (AvgIpc) is 2.49. The summed E-state index contributed by atoms with van der Waals surface area (Å²) in [5.74, 6) is 0.881.